The molecule has 2 unspecified atom stereocenters. The van der Waals surface area contributed by atoms with Gasteiger partial charge in [0.15, 0.2) is 11.5 Å². The molecule has 10 nitrogen and oxygen atoms in total. The second-order valence-corrected chi connectivity index (χ2v) is 11.5. The molecule has 3 heterocycles. The van der Waals surface area contributed by atoms with Gasteiger partial charge in [0.05, 0.1) is 18.1 Å². The summed E-state index contributed by atoms with van der Waals surface area (Å²) in [4.78, 5) is 69.6. The molecule has 1 aromatic heterocycles. The Morgan fingerprint density at radius 3 is 2.43 bits per heavy atom. The third-order valence-corrected chi connectivity index (χ3v) is 9.02. The van der Waals surface area contributed by atoms with Gasteiger partial charge >= 0.3 is 5.97 Å². The van der Waals surface area contributed by atoms with Crippen molar-refractivity contribution in [3.63, 3.8) is 0 Å². The molecule has 10 heteroatoms. The fourth-order valence-corrected chi connectivity index (χ4v) is 6.79. The van der Waals surface area contributed by atoms with Crippen molar-refractivity contribution in [2.24, 2.45) is 0 Å². The Morgan fingerprint density at radius 1 is 1.00 bits per heavy atom. The lowest BCUT2D eigenvalue weighted by atomic mass is 9.80. The van der Waals surface area contributed by atoms with Crippen LogP contribution in [-0.4, -0.2) is 51.8 Å². The van der Waals surface area contributed by atoms with Crippen molar-refractivity contribution in [1.29, 1.82) is 0 Å². The van der Waals surface area contributed by atoms with Gasteiger partial charge in [-0.05, 0) is 61.9 Å². The van der Waals surface area contributed by atoms with E-state index in [-0.39, 0.29) is 45.9 Å². The highest BCUT2D eigenvalue weighted by molar-refractivity contribution is 6.32. The largest absolute Gasteiger partial charge is 0.506 e. The molecule has 1 fully saturated rings. The number of hydrogen-bond acceptors (Lipinski definition) is 9. The molecule has 0 bridgehead atoms. The molecule has 1 aliphatic carbocycles. The van der Waals surface area contributed by atoms with Crippen LogP contribution < -0.4 is 10.2 Å². The van der Waals surface area contributed by atoms with Crippen molar-refractivity contribution in [3.8, 4) is 11.5 Å². The number of phenolic OH excluding ortho intramolecular Hbond substituents is 1. The van der Waals surface area contributed by atoms with Crippen LogP contribution >= 0.6 is 0 Å². The van der Waals surface area contributed by atoms with Gasteiger partial charge in [-0.2, -0.15) is 0 Å². The molecule has 3 aromatic carbocycles. The van der Waals surface area contributed by atoms with Crippen LogP contribution in [0.1, 0.15) is 80.7 Å². The zero-order valence-corrected chi connectivity index (χ0v) is 23.5. The Balaban J connectivity index is 1.49. The number of aromatic hydroxyl groups is 1. The Morgan fingerprint density at radius 2 is 1.74 bits per heavy atom. The highest BCUT2D eigenvalue weighted by atomic mass is 16.6. The summed E-state index contributed by atoms with van der Waals surface area (Å²) in [6.45, 7) is 6.77. The number of amides is 1. The predicted molar refractivity (Wildman–Crippen MR) is 149 cm³/mol. The van der Waals surface area contributed by atoms with Gasteiger partial charge in [0.2, 0.25) is 17.0 Å². The molecule has 0 spiro atoms. The first kappa shape index (κ1) is 25.9. The highest BCUT2D eigenvalue weighted by Gasteiger charge is 2.62. The minimum absolute atomic E-state index is 0.0257. The molecule has 4 aromatic rings. The highest BCUT2D eigenvalue weighted by Crippen LogP contribution is 2.49. The molecule has 1 amide bonds. The number of ether oxygens (including phenoxy) is 2. The Kier molecular flexibility index (Phi) is 4.98. The number of methoxy groups -OCH3 is 1. The van der Waals surface area contributed by atoms with Gasteiger partial charge in [-0.25, -0.2) is 4.79 Å². The van der Waals surface area contributed by atoms with E-state index in [0.717, 1.165) is 0 Å². The van der Waals surface area contributed by atoms with Crippen LogP contribution in [-0.2, 0) is 16.0 Å². The third-order valence-electron chi connectivity index (χ3n) is 9.02. The molecule has 7 rings (SSSR count). The van der Waals surface area contributed by atoms with E-state index < -0.39 is 57.2 Å². The van der Waals surface area contributed by atoms with Crippen LogP contribution in [0.15, 0.2) is 39.5 Å². The lowest BCUT2D eigenvalue weighted by Gasteiger charge is -2.43. The summed E-state index contributed by atoms with van der Waals surface area (Å²) in [5.41, 5.74) is -2.81. The fourth-order valence-electron chi connectivity index (χ4n) is 6.79. The second kappa shape index (κ2) is 8.06. The maximum absolute atomic E-state index is 14.1. The summed E-state index contributed by atoms with van der Waals surface area (Å²) in [6.07, 6.45) is 0.398. The monoisotopic (exact) mass is 567 g/mol. The van der Waals surface area contributed by atoms with Gasteiger partial charge in [0.25, 0.3) is 5.91 Å². The van der Waals surface area contributed by atoms with Crippen LogP contribution in [0.2, 0.25) is 0 Å². The van der Waals surface area contributed by atoms with Crippen LogP contribution in [0.4, 0.5) is 0 Å². The van der Waals surface area contributed by atoms with E-state index in [2.05, 4.69) is 0 Å². The Labute approximate surface area is 238 Å². The first-order valence-electron chi connectivity index (χ1n) is 13.5. The number of rotatable bonds is 2. The maximum atomic E-state index is 14.1. The van der Waals surface area contributed by atoms with Crippen molar-refractivity contribution in [3.05, 3.63) is 79.7 Å². The van der Waals surface area contributed by atoms with Crippen molar-refractivity contribution in [2.45, 2.75) is 51.8 Å². The minimum Gasteiger partial charge on any atom is -0.506 e. The van der Waals surface area contributed by atoms with E-state index in [1.165, 1.54) is 30.2 Å². The van der Waals surface area contributed by atoms with Crippen LogP contribution in [0.3, 0.4) is 0 Å². The van der Waals surface area contributed by atoms with Crippen molar-refractivity contribution in [1.82, 2.24) is 4.90 Å². The number of benzene rings is 3. The topological polar surface area (TPSA) is 140 Å². The average Bonchev–Trinajstić information content (AvgIpc) is 3.15. The minimum atomic E-state index is -1.26. The smallest absolute Gasteiger partial charge is 0.334 e. The quantitative estimate of drug-likeness (QED) is 0.311. The molecule has 2 aliphatic heterocycles. The molecule has 0 radical (unpaired) electrons. The summed E-state index contributed by atoms with van der Waals surface area (Å²) in [5.74, 6) is -3.11. The van der Waals surface area contributed by atoms with Gasteiger partial charge in [0, 0.05) is 29.0 Å². The first-order valence-corrected chi connectivity index (χ1v) is 13.5. The number of nitrogens with zero attached hydrogens (tertiary/aromatic N) is 1. The Hall–Kier alpha value is -4.99. The van der Waals surface area contributed by atoms with Crippen molar-refractivity contribution < 1.29 is 38.2 Å². The molecule has 1 saturated heterocycles. The molecule has 3 aliphatic rings. The number of aryl methyl sites for hydroxylation is 1. The molecule has 1 N–H and O–H groups in total. The lowest BCUT2D eigenvalue weighted by Crippen LogP contribution is -2.59. The van der Waals surface area contributed by atoms with Crippen molar-refractivity contribution >= 4 is 45.2 Å². The zero-order valence-electron chi connectivity index (χ0n) is 23.5. The maximum Gasteiger partial charge on any atom is 0.334 e. The van der Waals surface area contributed by atoms with Gasteiger partial charge in [-0.3, -0.25) is 24.1 Å². The van der Waals surface area contributed by atoms with E-state index >= 15 is 0 Å². The summed E-state index contributed by atoms with van der Waals surface area (Å²) < 4.78 is 16.9. The van der Waals surface area contributed by atoms with Crippen LogP contribution in [0, 0.1) is 6.92 Å². The fraction of sp³-hybridized carbons (Fsp3) is 0.281. The number of carbonyl (C=O) groups excluding carboxylic acids is 4. The van der Waals surface area contributed by atoms with Gasteiger partial charge < -0.3 is 19.0 Å². The molecule has 0 saturated carbocycles. The number of esters is 1. The molecule has 42 heavy (non-hydrogen) atoms. The molecular weight excluding hydrogens is 542 g/mol. The number of carbonyl (C=O) groups is 4. The summed E-state index contributed by atoms with van der Waals surface area (Å²) in [5, 5.41) is 12.1. The number of fused-ring (bicyclic) bond motifs is 7. The predicted octanol–water partition coefficient (Wildman–Crippen LogP) is 4.18. The second-order valence-electron chi connectivity index (χ2n) is 11.5. The summed E-state index contributed by atoms with van der Waals surface area (Å²) >= 11 is 0. The van der Waals surface area contributed by atoms with Crippen LogP contribution in [0.5, 0.6) is 11.5 Å². The lowest BCUT2D eigenvalue weighted by molar-refractivity contribution is -0.151. The van der Waals surface area contributed by atoms with E-state index in [4.69, 9.17) is 13.9 Å². The first-order chi connectivity index (χ1) is 19.9. The van der Waals surface area contributed by atoms with Gasteiger partial charge in [-0.15, -0.1) is 0 Å². The number of phenols is 1. The summed E-state index contributed by atoms with van der Waals surface area (Å²) in [7, 11) is 1.47. The van der Waals surface area contributed by atoms with E-state index in [1.807, 2.05) is 0 Å². The number of hydrogen-bond donors (Lipinski definition) is 1. The van der Waals surface area contributed by atoms with Gasteiger partial charge in [-0.1, -0.05) is 13.0 Å². The molecule has 2 atom stereocenters. The SMILES string of the molecule is CCC1(C)C(=O)OC2(C)Cc3cc4ccc5c(c4c(O)c3C(=O)N21)C(=O)c1c(oc2cc(OC)c(C)cc2c1=O)C5=O. The normalized spacial score (nSPS) is 22.6. The van der Waals surface area contributed by atoms with Gasteiger partial charge in [0.1, 0.15) is 28.2 Å². The number of ketones is 2. The zero-order chi connectivity index (χ0) is 30.0. The van der Waals surface area contributed by atoms with Crippen molar-refractivity contribution in [2.75, 3.05) is 7.11 Å². The Bertz CT molecular complexity index is 2070. The average molecular weight is 568 g/mol. The molecule has 212 valence electrons. The molecular formula is C32H25NO9. The van der Waals surface area contributed by atoms with E-state index in [9.17, 15) is 29.1 Å². The summed E-state index contributed by atoms with van der Waals surface area (Å²) in [6, 6.07) is 7.67. The van der Waals surface area contributed by atoms with E-state index in [0.29, 0.717) is 22.3 Å². The van der Waals surface area contributed by atoms with E-state index in [1.54, 1.807) is 39.8 Å². The van der Waals surface area contributed by atoms with Crippen LogP contribution in [0.25, 0.3) is 21.7 Å². The third kappa shape index (κ3) is 2.96. The standard InChI is InChI=1S/C32H25NO9/c1-6-31(3)30(39)42-32(4)12-15-10-14-7-8-16-22(20(14)26(36)21(15)29(38)33(31)32)27(37)23-24(34)17-9-13(2)18(40-5)11-19(17)41-28(23)25(16)35/h7-11,36H,6,12H2,1-5H3.